The summed E-state index contributed by atoms with van der Waals surface area (Å²) >= 11 is 6.01. The average Bonchev–Trinajstić information content (AvgIpc) is 2.48. The van der Waals surface area contributed by atoms with Gasteiger partial charge in [-0.2, -0.15) is 0 Å². The van der Waals surface area contributed by atoms with Crippen LogP contribution in [0, 0.1) is 5.41 Å². The van der Waals surface area contributed by atoms with Crippen LogP contribution in [0.3, 0.4) is 0 Å². The molecule has 1 aliphatic heterocycles. The molecule has 0 saturated heterocycles. The first-order chi connectivity index (χ1) is 8.80. The molecule has 2 rings (SSSR count). The van der Waals surface area contributed by atoms with E-state index in [0.29, 0.717) is 24.7 Å². The molecule has 0 aliphatic carbocycles. The van der Waals surface area contributed by atoms with Crippen molar-refractivity contribution in [1.29, 1.82) is 0 Å². The Morgan fingerprint density at radius 2 is 1.89 bits per heavy atom. The Morgan fingerprint density at radius 1 is 1.26 bits per heavy atom. The molecule has 0 aromatic heterocycles. The smallest absolute Gasteiger partial charge is 0.377 e. The Bertz CT molecular complexity index is 550. The predicted octanol–water partition coefficient (Wildman–Crippen LogP) is 2.40. The van der Waals surface area contributed by atoms with Gasteiger partial charge in [-0.1, -0.05) is 25.4 Å². The third-order valence-electron chi connectivity index (χ3n) is 2.69. The molecule has 0 atom stereocenters. The van der Waals surface area contributed by atoms with Gasteiger partial charge in [-0.05, 0) is 12.1 Å². The summed E-state index contributed by atoms with van der Waals surface area (Å²) < 4.78 is 11.1. The highest BCUT2D eigenvalue weighted by atomic mass is 35.5. The van der Waals surface area contributed by atoms with Crippen molar-refractivity contribution in [3.8, 4) is 11.5 Å². The zero-order valence-corrected chi connectivity index (χ0v) is 11.3. The standard InChI is InChI=1S/C13H13ClO5/c1-13(2)5-18-9-4-7(10(15)12(16)17)3-8(14)11(9)19-6-13/h3-4H,5-6H2,1-2H3,(H,16,17). The number of carbonyl (C=O) groups is 2. The summed E-state index contributed by atoms with van der Waals surface area (Å²) in [4.78, 5) is 22.1. The minimum atomic E-state index is -1.54. The van der Waals surface area contributed by atoms with Crippen LogP contribution in [-0.4, -0.2) is 30.1 Å². The molecule has 0 bridgehead atoms. The van der Waals surface area contributed by atoms with Gasteiger partial charge in [-0.3, -0.25) is 4.79 Å². The van der Waals surface area contributed by atoms with Crippen LogP contribution >= 0.6 is 11.6 Å². The molecular weight excluding hydrogens is 272 g/mol. The van der Waals surface area contributed by atoms with Gasteiger partial charge in [0, 0.05) is 11.0 Å². The summed E-state index contributed by atoms with van der Waals surface area (Å²) in [6.45, 7) is 4.75. The van der Waals surface area contributed by atoms with E-state index < -0.39 is 11.8 Å². The lowest BCUT2D eigenvalue weighted by molar-refractivity contribution is -0.131. The molecule has 6 heteroatoms. The van der Waals surface area contributed by atoms with E-state index in [0.717, 1.165) is 0 Å². The summed E-state index contributed by atoms with van der Waals surface area (Å²) in [7, 11) is 0. The van der Waals surface area contributed by atoms with Crippen molar-refractivity contribution in [3.05, 3.63) is 22.7 Å². The minimum absolute atomic E-state index is 0.0282. The van der Waals surface area contributed by atoms with E-state index in [2.05, 4.69) is 0 Å². The Balaban J connectivity index is 2.42. The molecule has 1 heterocycles. The average molecular weight is 285 g/mol. The number of hydrogen-bond donors (Lipinski definition) is 1. The number of carbonyl (C=O) groups excluding carboxylic acids is 1. The molecule has 0 spiro atoms. The number of fused-ring (bicyclic) bond motifs is 1. The van der Waals surface area contributed by atoms with Gasteiger partial charge in [-0.25, -0.2) is 4.79 Å². The molecule has 0 unspecified atom stereocenters. The minimum Gasteiger partial charge on any atom is -0.489 e. The van der Waals surface area contributed by atoms with Crippen LogP contribution < -0.4 is 9.47 Å². The first-order valence-corrected chi connectivity index (χ1v) is 6.05. The zero-order chi connectivity index (χ0) is 14.2. The van der Waals surface area contributed by atoms with Crippen molar-refractivity contribution >= 4 is 23.4 Å². The lowest BCUT2D eigenvalue weighted by atomic mass is 9.97. The first kappa shape index (κ1) is 13.7. The quantitative estimate of drug-likeness (QED) is 0.667. The van der Waals surface area contributed by atoms with Crippen LogP contribution in [0.4, 0.5) is 0 Å². The van der Waals surface area contributed by atoms with Gasteiger partial charge in [-0.15, -0.1) is 0 Å². The highest BCUT2D eigenvalue weighted by Crippen LogP contribution is 2.40. The number of carboxylic acid groups (broad SMARTS) is 1. The summed E-state index contributed by atoms with van der Waals surface area (Å²) in [5, 5.41) is 8.87. The lowest BCUT2D eigenvalue weighted by Gasteiger charge is -2.19. The SMILES string of the molecule is CC1(C)COc2cc(C(=O)C(=O)O)cc(Cl)c2OC1. The third-order valence-corrected chi connectivity index (χ3v) is 2.97. The van der Waals surface area contributed by atoms with E-state index >= 15 is 0 Å². The number of benzene rings is 1. The monoisotopic (exact) mass is 284 g/mol. The van der Waals surface area contributed by atoms with Crippen LogP contribution in [0.15, 0.2) is 12.1 Å². The number of ketones is 1. The van der Waals surface area contributed by atoms with E-state index in [1.807, 2.05) is 13.8 Å². The normalized spacial score (nSPS) is 16.6. The van der Waals surface area contributed by atoms with Crippen molar-refractivity contribution < 1.29 is 24.2 Å². The molecule has 0 fully saturated rings. The number of hydrogen-bond acceptors (Lipinski definition) is 4. The van der Waals surface area contributed by atoms with Crippen LogP contribution in [0.5, 0.6) is 11.5 Å². The fraction of sp³-hybridized carbons (Fsp3) is 0.385. The topological polar surface area (TPSA) is 72.8 Å². The molecule has 5 nitrogen and oxygen atoms in total. The molecule has 1 N–H and O–H groups in total. The van der Waals surface area contributed by atoms with Crippen LogP contribution in [0.2, 0.25) is 5.02 Å². The Kier molecular flexibility index (Phi) is 3.41. The molecule has 0 radical (unpaired) electrons. The van der Waals surface area contributed by atoms with Crippen LogP contribution in [0.25, 0.3) is 0 Å². The van der Waals surface area contributed by atoms with E-state index in [9.17, 15) is 9.59 Å². The number of aliphatic carboxylic acids is 1. The van der Waals surface area contributed by atoms with Crippen LogP contribution in [0.1, 0.15) is 24.2 Å². The van der Waals surface area contributed by atoms with E-state index in [1.54, 1.807) is 0 Å². The Labute approximate surface area is 115 Å². The maximum absolute atomic E-state index is 11.4. The molecule has 0 amide bonds. The van der Waals surface area contributed by atoms with Crippen LogP contribution in [-0.2, 0) is 4.79 Å². The second kappa shape index (κ2) is 4.74. The number of carboxylic acids is 1. The number of Topliss-reactive ketones (excluding diaryl/α,β-unsaturated/α-hetero) is 1. The van der Waals surface area contributed by atoms with Crippen molar-refractivity contribution in [2.45, 2.75) is 13.8 Å². The summed E-state index contributed by atoms with van der Waals surface area (Å²) in [6, 6.07) is 2.62. The molecule has 1 aliphatic rings. The molecule has 19 heavy (non-hydrogen) atoms. The Hall–Kier alpha value is -1.75. The fourth-order valence-electron chi connectivity index (χ4n) is 1.65. The van der Waals surface area contributed by atoms with Crippen molar-refractivity contribution in [2.24, 2.45) is 5.41 Å². The van der Waals surface area contributed by atoms with E-state index in [4.69, 9.17) is 26.2 Å². The second-order valence-electron chi connectivity index (χ2n) is 5.16. The molecule has 102 valence electrons. The fourth-order valence-corrected chi connectivity index (χ4v) is 1.92. The summed E-state index contributed by atoms with van der Waals surface area (Å²) in [5.41, 5.74) is -0.223. The number of rotatable bonds is 2. The predicted molar refractivity (Wildman–Crippen MR) is 68.2 cm³/mol. The molecule has 1 aromatic rings. The molecular formula is C13H13ClO5. The van der Waals surface area contributed by atoms with Crippen molar-refractivity contribution in [3.63, 3.8) is 0 Å². The highest BCUT2D eigenvalue weighted by molar-refractivity contribution is 6.41. The first-order valence-electron chi connectivity index (χ1n) is 5.67. The van der Waals surface area contributed by atoms with Gasteiger partial charge < -0.3 is 14.6 Å². The van der Waals surface area contributed by atoms with Gasteiger partial charge in [0.1, 0.15) is 0 Å². The Morgan fingerprint density at radius 3 is 2.53 bits per heavy atom. The maximum Gasteiger partial charge on any atom is 0.377 e. The van der Waals surface area contributed by atoms with Crippen molar-refractivity contribution in [1.82, 2.24) is 0 Å². The summed E-state index contributed by atoms with van der Waals surface area (Å²) in [6.07, 6.45) is 0. The third kappa shape index (κ3) is 2.81. The highest BCUT2D eigenvalue weighted by Gasteiger charge is 2.28. The number of halogens is 1. The largest absolute Gasteiger partial charge is 0.489 e. The molecule has 0 saturated carbocycles. The second-order valence-corrected chi connectivity index (χ2v) is 5.57. The molecule has 1 aromatic carbocycles. The van der Waals surface area contributed by atoms with Gasteiger partial charge in [0.05, 0.1) is 18.2 Å². The van der Waals surface area contributed by atoms with E-state index in [-0.39, 0.29) is 16.0 Å². The lowest BCUT2D eigenvalue weighted by Crippen LogP contribution is -2.26. The van der Waals surface area contributed by atoms with Gasteiger partial charge in [0.2, 0.25) is 0 Å². The van der Waals surface area contributed by atoms with E-state index in [1.165, 1.54) is 12.1 Å². The van der Waals surface area contributed by atoms with Gasteiger partial charge in [0.25, 0.3) is 5.78 Å². The number of ether oxygens (including phenoxy) is 2. The van der Waals surface area contributed by atoms with Gasteiger partial charge in [0.15, 0.2) is 11.5 Å². The van der Waals surface area contributed by atoms with Gasteiger partial charge >= 0.3 is 5.97 Å². The zero-order valence-electron chi connectivity index (χ0n) is 10.5. The van der Waals surface area contributed by atoms with Crippen molar-refractivity contribution in [2.75, 3.05) is 13.2 Å². The summed E-state index contributed by atoms with van der Waals surface area (Å²) in [5.74, 6) is -1.93. The maximum atomic E-state index is 11.4.